The minimum absolute atomic E-state index is 0.0610. The largest absolute Gasteiger partial charge is 0.493 e. The maximum atomic E-state index is 12.5. The lowest BCUT2D eigenvalue weighted by Crippen LogP contribution is -2.28. The van der Waals surface area contributed by atoms with Gasteiger partial charge in [0.15, 0.2) is 11.5 Å². The molecule has 2 amide bonds. The highest BCUT2D eigenvalue weighted by molar-refractivity contribution is 8.18. The minimum Gasteiger partial charge on any atom is -0.493 e. The monoisotopic (exact) mass is 487 g/mol. The van der Waals surface area contributed by atoms with Crippen LogP contribution in [0, 0.1) is 12.3 Å². The zero-order chi connectivity index (χ0) is 23.3. The number of carbonyl (C=O) groups is 2. The van der Waals surface area contributed by atoms with E-state index in [4.69, 9.17) is 39.1 Å². The fraction of sp³-hybridized carbons (Fsp3) is 0.167. The van der Waals surface area contributed by atoms with Gasteiger partial charge in [-0.15, -0.1) is 13.0 Å². The molecular formula is C24H19Cl2NO4S. The average molecular weight is 488 g/mol. The van der Waals surface area contributed by atoms with Crippen LogP contribution >= 0.6 is 35.0 Å². The molecule has 1 aliphatic heterocycles. The Bertz CT molecular complexity index is 1150. The summed E-state index contributed by atoms with van der Waals surface area (Å²) in [7, 11) is 1.53. The van der Waals surface area contributed by atoms with Crippen LogP contribution in [-0.2, 0) is 17.8 Å². The number of methoxy groups -OCH3 is 1. The van der Waals surface area contributed by atoms with E-state index in [2.05, 4.69) is 12.5 Å². The van der Waals surface area contributed by atoms with E-state index in [1.807, 2.05) is 12.1 Å². The molecule has 164 valence electrons. The van der Waals surface area contributed by atoms with Crippen molar-refractivity contribution in [2.24, 2.45) is 0 Å². The number of carbonyl (C=O) groups excluding carboxylic acids is 2. The average Bonchev–Trinajstić information content (AvgIpc) is 3.03. The smallest absolute Gasteiger partial charge is 0.294 e. The molecule has 2 aromatic rings. The van der Waals surface area contributed by atoms with Crippen molar-refractivity contribution in [3.05, 3.63) is 74.6 Å². The van der Waals surface area contributed by atoms with E-state index in [0.717, 1.165) is 27.8 Å². The number of benzene rings is 2. The molecule has 1 aliphatic rings. The predicted molar refractivity (Wildman–Crippen MR) is 129 cm³/mol. The highest BCUT2D eigenvalue weighted by Gasteiger charge is 2.34. The van der Waals surface area contributed by atoms with Crippen LogP contribution in [0.2, 0.25) is 10.0 Å². The Morgan fingerprint density at radius 3 is 2.66 bits per heavy atom. The van der Waals surface area contributed by atoms with Crippen LogP contribution in [0.15, 0.2) is 47.9 Å². The zero-order valence-electron chi connectivity index (χ0n) is 17.2. The molecule has 1 saturated heterocycles. The summed E-state index contributed by atoms with van der Waals surface area (Å²) in [4.78, 5) is 25.9. The van der Waals surface area contributed by atoms with Crippen molar-refractivity contribution in [3.63, 3.8) is 0 Å². The van der Waals surface area contributed by atoms with Crippen molar-refractivity contribution in [3.8, 4) is 23.8 Å². The van der Waals surface area contributed by atoms with E-state index >= 15 is 0 Å². The van der Waals surface area contributed by atoms with Gasteiger partial charge in [0.25, 0.3) is 11.1 Å². The van der Waals surface area contributed by atoms with Crippen molar-refractivity contribution >= 4 is 52.2 Å². The van der Waals surface area contributed by atoms with Gasteiger partial charge in [-0.1, -0.05) is 41.3 Å². The molecule has 0 aliphatic carbocycles. The number of imide groups is 1. The Hall–Kier alpha value is -2.85. The maximum absolute atomic E-state index is 12.5. The molecule has 0 saturated carbocycles. The molecule has 5 nitrogen and oxygen atoms in total. The topological polar surface area (TPSA) is 55.8 Å². The van der Waals surface area contributed by atoms with Gasteiger partial charge in [0.1, 0.15) is 6.61 Å². The third-order valence-electron chi connectivity index (χ3n) is 4.53. The second kappa shape index (κ2) is 10.6. The highest BCUT2D eigenvalue weighted by atomic mass is 35.5. The van der Waals surface area contributed by atoms with Crippen molar-refractivity contribution in [2.45, 2.75) is 13.0 Å². The first kappa shape index (κ1) is 23.8. The third kappa shape index (κ3) is 5.31. The standard InChI is InChI=1S/C24H19Cl2NO4S/c1-4-6-17-10-16(13-21-23(28)27(9-5-2)24(29)32-21)12-20(30-3)22(17)31-14-15-7-8-18(25)19(26)11-15/h2,4,7-8,10-13H,1,6,9,14H2,3H3/b21-13+. The molecule has 32 heavy (non-hydrogen) atoms. The molecule has 0 bridgehead atoms. The SMILES string of the molecule is C#CCN1C(=O)S/C(=C/c2cc(CC=C)c(OCc3ccc(Cl)c(Cl)c3)c(OC)c2)C1=O. The van der Waals surface area contributed by atoms with E-state index in [-0.39, 0.29) is 18.4 Å². The van der Waals surface area contributed by atoms with Crippen LogP contribution in [0.3, 0.4) is 0 Å². The van der Waals surface area contributed by atoms with Crippen LogP contribution in [-0.4, -0.2) is 29.7 Å². The van der Waals surface area contributed by atoms with Crippen LogP contribution in [0.5, 0.6) is 11.5 Å². The quantitative estimate of drug-likeness (QED) is 0.260. The number of halogens is 2. The van der Waals surface area contributed by atoms with Gasteiger partial charge in [-0.05, 0) is 59.7 Å². The van der Waals surface area contributed by atoms with Gasteiger partial charge in [-0.3, -0.25) is 14.5 Å². The van der Waals surface area contributed by atoms with Crippen LogP contribution < -0.4 is 9.47 Å². The molecule has 1 heterocycles. The summed E-state index contributed by atoms with van der Waals surface area (Å²) in [6, 6.07) is 8.88. The number of thioether (sulfide) groups is 1. The fourth-order valence-electron chi connectivity index (χ4n) is 3.05. The summed E-state index contributed by atoms with van der Waals surface area (Å²) in [6.07, 6.45) is 9.13. The number of hydrogen-bond acceptors (Lipinski definition) is 5. The Morgan fingerprint density at radius 2 is 2.00 bits per heavy atom. The molecule has 0 unspecified atom stereocenters. The first-order chi connectivity index (χ1) is 15.4. The molecule has 1 fully saturated rings. The summed E-state index contributed by atoms with van der Waals surface area (Å²) in [5, 5.41) is 0.524. The molecule has 0 N–H and O–H groups in total. The molecule has 0 spiro atoms. The second-order valence-electron chi connectivity index (χ2n) is 6.71. The van der Waals surface area contributed by atoms with Gasteiger partial charge in [0.2, 0.25) is 0 Å². The van der Waals surface area contributed by atoms with Gasteiger partial charge in [0.05, 0.1) is 28.6 Å². The van der Waals surface area contributed by atoms with E-state index < -0.39 is 5.91 Å². The lowest BCUT2D eigenvalue weighted by Gasteiger charge is -2.16. The first-order valence-corrected chi connectivity index (χ1v) is 11.0. The minimum atomic E-state index is -0.415. The molecular weight excluding hydrogens is 469 g/mol. The second-order valence-corrected chi connectivity index (χ2v) is 8.52. The summed E-state index contributed by atoms with van der Waals surface area (Å²) in [5.74, 6) is 2.94. The number of amides is 2. The maximum Gasteiger partial charge on any atom is 0.294 e. The van der Waals surface area contributed by atoms with Crippen LogP contribution in [0.1, 0.15) is 16.7 Å². The Labute approximate surface area is 201 Å². The Morgan fingerprint density at radius 1 is 1.22 bits per heavy atom. The number of nitrogens with zero attached hydrogens (tertiary/aromatic N) is 1. The molecule has 3 rings (SSSR count). The summed E-state index contributed by atoms with van der Waals surface area (Å²) < 4.78 is 11.6. The number of hydrogen-bond donors (Lipinski definition) is 0. The van der Waals surface area contributed by atoms with Gasteiger partial charge in [-0.2, -0.15) is 0 Å². The van der Waals surface area contributed by atoms with E-state index in [1.54, 1.807) is 30.4 Å². The number of rotatable bonds is 8. The fourth-order valence-corrected chi connectivity index (χ4v) is 4.21. The van der Waals surface area contributed by atoms with Crippen molar-refractivity contribution < 1.29 is 19.1 Å². The molecule has 8 heteroatoms. The Balaban J connectivity index is 1.92. The lowest BCUT2D eigenvalue weighted by molar-refractivity contribution is -0.122. The normalized spacial score (nSPS) is 14.6. The van der Waals surface area contributed by atoms with E-state index in [1.165, 1.54) is 7.11 Å². The summed E-state index contributed by atoms with van der Waals surface area (Å²) in [6.45, 7) is 4.00. The number of terminal acetylenes is 1. The number of ether oxygens (including phenoxy) is 2. The summed E-state index contributed by atoms with van der Waals surface area (Å²) in [5.41, 5.74) is 2.34. The van der Waals surface area contributed by atoms with Crippen molar-refractivity contribution in [1.82, 2.24) is 4.90 Å². The first-order valence-electron chi connectivity index (χ1n) is 9.45. The Kier molecular flexibility index (Phi) is 7.92. The zero-order valence-corrected chi connectivity index (χ0v) is 19.5. The summed E-state index contributed by atoms with van der Waals surface area (Å²) >= 11 is 12.9. The van der Waals surface area contributed by atoms with Crippen LogP contribution in [0.4, 0.5) is 4.79 Å². The van der Waals surface area contributed by atoms with Crippen molar-refractivity contribution in [1.29, 1.82) is 0 Å². The van der Waals surface area contributed by atoms with Crippen LogP contribution in [0.25, 0.3) is 6.08 Å². The van der Waals surface area contributed by atoms with Gasteiger partial charge >= 0.3 is 0 Å². The van der Waals surface area contributed by atoms with Crippen molar-refractivity contribution in [2.75, 3.05) is 13.7 Å². The molecule has 0 atom stereocenters. The van der Waals surface area contributed by atoms with Gasteiger partial charge in [-0.25, -0.2) is 0 Å². The third-order valence-corrected chi connectivity index (χ3v) is 6.17. The molecule has 0 radical (unpaired) electrons. The van der Waals surface area contributed by atoms with Gasteiger partial charge in [0, 0.05) is 5.56 Å². The molecule has 0 aromatic heterocycles. The van der Waals surface area contributed by atoms with E-state index in [9.17, 15) is 9.59 Å². The predicted octanol–water partition coefficient (Wildman–Crippen LogP) is 5.98. The molecule has 2 aromatic carbocycles. The highest BCUT2D eigenvalue weighted by Crippen LogP contribution is 2.37. The van der Waals surface area contributed by atoms with E-state index in [0.29, 0.717) is 38.4 Å². The van der Waals surface area contributed by atoms with Gasteiger partial charge < -0.3 is 9.47 Å². The number of allylic oxidation sites excluding steroid dienone is 1. The lowest BCUT2D eigenvalue weighted by atomic mass is 10.0.